The van der Waals surface area contributed by atoms with Crippen molar-refractivity contribution >= 4 is 34.4 Å². The molecule has 1 aliphatic rings. The van der Waals surface area contributed by atoms with Gasteiger partial charge in [-0.25, -0.2) is 9.78 Å². The molecule has 0 atom stereocenters. The lowest BCUT2D eigenvalue weighted by Crippen LogP contribution is -2.39. The number of halogens is 1. The van der Waals surface area contributed by atoms with Crippen molar-refractivity contribution in [3.05, 3.63) is 75.8 Å². The first-order chi connectivity index (χ1) is 17.8. The van der Waals surface area contributed by atoms with E-state index >= 15 is 0 Å². The number of pyridine rings is 3. The van der Waals surface area contributed by atoms with Gasteiger partial charge < -0.3 is 10.2 Å². The van der Waals surface area contributed by atoms with Crippen molar-refractivity contribution in [1.82, 2.24) is 29.4 Å². The van der Waals surface area contributed by atoms with Gasteiger partial charge in [-0.15, -0.1) is 0 Å². The number of hydrogen-bond donors (Lipinski definition) is 1. The first-order valence-electron chi connectivity index (χ1n) is 12.4. The van der Waals surface area contributed by atoms with Crippen molar-refractivity contribution in [2.24, 2.45) is 5.92 Å². The average Bonchev–Trinajstić information content (AvgIpc) is 3.17. The Morgan fingerprint density at radius 2 is 1.86 bits per heavy atom. The number of nitrogens with one attached hydrogen (secondary N) is 1. The van der Waals surface area contributed by atoms with Crippen LogP contribution >= 0.6 is 11.6 Å². The first kappa shape index (κ1) is 25.0. The molecule has 0 spiro atoms. The molecule has 10 heteroatoms. The fourth-order valence-electron chi connectivity index (χ4n) is 5.05. The molecule has 0 bridgehead atoms. The van der Waals surface area contributed by atoms with Gasteiger partial charge >= 0.3 is 5.69 Å². The summed E-state index contributed by atoms with van der Waals surface area (Å²) >= 11 is 6.03. The average molecular weight is 520 g/mol. The van der Waals surface area contributed by atoms with E-state index in [2.05, 4.69) is 20.3 Å². The molecule has 37 heavy (non-hydrogen) atoms. The summed E-state index contributed by atoms with van der Waals surface area (Å²) in [5.74, 6) is 1.01. The number of carbonyl (C=O) groups is 1. The molecule has 5 rings (SSSR count). The Labute approximate surface area is 220 Å². The Bertz CT molecular complexity index is 1490. The normalized spacial score (nSPS) is 17.6. The second kappa shape index (κ2) is 10.3. The quantitative estimate of drug-likeness (QED) is 0.413. The van der Waals surface area contributed by atoms with E-state index in [0.717, 1.165) is 48.2 Å². The fourth-order valence-corrected chi connectivity index (χ4v) is 5.21. The molecule has 4 heterocycles. The number of fused-ring (bicyclic) bond motifs is 1. The molecule has 1 N–H and O–H groups in total. The molecular weight excluding hydrogens is 490 g/mol. The minimum Gasteiger partial charge on any atom is -0.363 e. The van der Waals surface area contributed by atoms with E-state index in [0.29, 0.717) is 28.7 Å². The van der Waals surface area contributed by atoms with Crippen LogP contribution in [0.25, 0.3) is 16.7 Å². The maximum atomic E-state index is 13.6. The zero-order valence-electron chi connectivity index (χ0n) is 21.2. The molecule has 1 amide bonds. The van der Waals surface area contributed by atoms with E-state index in [-0.39, 0.29) is 17.6 Å². The van der Waals surface area contributed by atoms with Gasteiger partial charge in [0, 0.05) is 39.1 Å². The van der Waals surface area contributed by atoms with Crippen LogP contribution in [-0.2, 0) is 6.54 Å². The predicted octanol–water partition coefficient (Wildman–Crippen LogP) is 3.99. The second-order valence-corrected chi connectivity index (χ2v) is 10.3. The number of nitrogens with zero attached hydrogens (tertiary/aromatic N) is 6. The van der Waals surface area contributed by atoms with Crippen molar-refractivity contribution < 1.29 is 4.79 Å². The van der Waals surface area contributed by atoms with Gasteiger partial charge in [0.05, 0.1) is 45.4 Å². The standard InChI is InChI=1S/C27H30ClN7O2/c1-17-22(12-19(28)13-30-17)26(36)32-20-6-4-18(5-7-20)16-34-24-15-29-11-10-23(24)35(27(34)37)21-8-9-25(31-14-21)33(2)3/h8-15,18,20H,4-7,16H2,1-3H3,(H,32,36)/t18-,20-. The molecule has 9 nitrogen and oxygen atoms in total. The summed E-state index contributed by atoms with van der Waals surface area (Å²) in [6.45, 7) is 2.41. The number of hydrogen-bond acceptors (Lipinski definition) is 6. The summed E-state index contributed by atoms with van der Waals surface area (Å²) in [7, 11) is 3.86. The number of imidazole rings is 1. The molecule has 4 aromatic rings. The summed E-state index contributed by atoms with van der Waals surface area (Å²) in [6, 6.07) is 7.43. The van der Waals surface area contributed by atoms with Crippen LogP contribution in [0.1, 0.15) is 41.7 Å². The Hall–Kier alpha value is -3.72. The third-order valence-electron chi connectivity index (χ3n) is 7.10. The summed E-state index contributed by atoms with van der Waals surface area (Å²) in [5, 5.41) is 3.58. The van der Waals surface area contributed by atoms with Crippen molar-refractivity contribution in [3.8, 4) is 5.69 Å². The second-order valence-electron chi connectivity index (χ2n) is 9.84. The van der Waals surface area contributed by atoms with Crippen LogP contribution in [0, 0.1) is 12.8 Å². The lowest BCUT2D eigenvalue weighted by atomic mass is 9.85. The number of carbonyl (C=O) groups excluding carboxylic acids is 1. The minimum atomic E-state index is -0.143. The molecule has 0 radical (unpaired) electrons. The molecule has 0 aromatic carbocycles. The van der Waals surface area contributed by atoms with Crippen molar-refractivity contribution in [1.29, 1.82) is 0 Å². The Balaban J connectivity index is 1.31. The van der Waals surface area contributed by atoms with Crippen LogP contribution in [0.15, 0.2) is 53.8 Å². The highest BCUT2D eigenvalue weighted by molar-refractivity contribution is 6.30. The van der Waals surface area contributed by atoms with Gasteiger partial charge in [-0.05, 0) is 62.8 Å². The summed E-state index contributed by atoms with van der Waals surface area (Å²) in [5.41, 5.74) is 3.42. The Morgan fingerprint density at radius 1 is 1.08 bits per heavy atom. The number of rotatable bonds is 6. The molecule has 192 valence electrons. The Kier molecular flexibility index (Phi) is 6.97. The largest absolute Gasteiger partial charge is 0.363 e. The predicted molar refractivity (Wildman–Crippen MR) is 145 cm³/mol. The lowest BCUT2D eigenvalue weighted by molar-refractivity contribution is 0.0919. The molecule has 1 aliphatic carbocycles. The van der Waals surface area contributed by atoms with E-state index < -0.39 is 0 Å². The molecule has 0 aliphatic heterocycles. The third kappa shape index (κ3) is 5.09. The minimum absolute atomic E-state index is 0.0862. The van der Waals surface area contributed by atoms with Crippen molar-refractivity contribution in [2.75, 3.05) is 19.0 Å². The highest BCUT2D eigenvalue weighted by Gasteiger charge is 2.26. The Morgan fingerprint density at radius 3 is 2.57 bits per heavy atom. The van der Waals surface area contributed by atoms with Crippen LogP contribution in [0.4, 0.5) is 5.82 Å². The maximum absolute atomic E-state index is 13.6. The topological polar surface area (TPSA) is 97.9 Å². The van der Waals surface area contributed by atoms with Crippen LogP contribution < -0.4 is 15.9 Å². The lowest BCUT2D eigenvalue weighted by Gasteiger charge is -2.29. The zero-order valence-corrected chi connectivity index (χ0v) is 21.9. The van der Waals surface area contributed by atoms with Gasteiger partial charge in [0.1, 0.15) is 5.82 Å². The molecule has 4 aromatic heterocycles. The van der Waals surface area contributed by atoms with Crippen LogP contribution in [-0.4, -0.2) is 50.1 Å². The highest BCUT2D eigenvalue weighted by atomic mass is 35.5. The zero-order chi connectivity index (χ0) is 26.1. The smallest absolute Gasteiger partial charge is 0.333 e. The van der Waals surface area contributed by atoms with Gasteiger partial charge in [-0.2, -0.15) is 0 Å². The van der Waals surface area contributed by atoms with Gasteiger partial charge in [0.25, 0.3) is 5.91 Å². The van der Waals surface area contributed by atoms with E-state index in [1.807, 2.05) is 41.8 Å². The molecule has 0 unspecified atom stereocenters. The van der Waals surface area contributed by atoms with Crippen molar-refractivity contribution in [3.63, 3.8) is 0 Å². The third-order valence-corrected chi connectivity index (χ3v) is 7.31. The number of anilines is 1. The molecule has 1 fully saturated rings. The molecule has 1 saturated carbocycles. The van der Waals surface area contributed by atoms with E-state index in [1.54, 1.807) is 42.3 Å². The van der Waals surface area contributed by atoms with Gasteiger partial charge in [-0.3, -0.25) is 23.9 Å². The van der Waals surface area contributed by atoms with Gasteiger partial charge in [0.15, 0.2) is 0 Å². The number of aryl methyl sites for hydroxylation is 1. The van der Waals surface area contributed by atoms with Crippen molar-refractivity contribution in [2.45, 2.75) is 45.2 Å². The summed E-state index contributed by atoms with van der Waals surface area (Å²) < 4.78 is 3.53. The van der Waals surface area contributed by atoms with Crippen LogP contribution in [0.3, 0.4) is 0 Å². The van der Waals surface area contributed by atoms with Gasteiger partial charge in [-0.1, -0.05) is 11.6 Å². The monoisotopic (exact) mass is 519 g/mol. The number of amides is 1. The SMILES string of the molecule is Cc1ncc(Cl)cc1C(=O)N[C@H]1CC[C@H](Cn2c(=O)n(-c3ccc(N(C)C)nc3)c3ccncc32)CC1. The fraction of sp³-hybridized carbons (Fsp3) is 0.370. The maximum Gasteiger partial charge on any atom is 0.333 e. The van der Waals surface area contributed by atoms with E-state index in [4.69, 9.17) is 11.6 Å². The number of aromatic nitrogens is 5. The molecular formula is C27H30ClN7O2. The summed E-state index contributed by atoms with van der Waals surface area (Å²) in [4.78, 5) is 41.2. The van der Waals surface area contributed by atoms with Crippen LogP contribution in [0.5, 0.6) is 0 Å². The van der Waals surface area contributed by atoms with Crippen LogP contribution in [0.2, 0.25) is 5.02 Å². The molecule has 0 saturated heterocycles. The first-order valence-corrected chi connectivity index (χ1v) is 12.8. The summed E-state index contributed by atoms with van der Waals surface area (Å²) in [6.07, 6.45) is 10.3. The highest BCUT2D eigenvalue weighted by Crippen LogP contribution is 2.28. The van der Waals surface area contributed by atoms with E-state index in [1.165, 1.54) is 0 Å². The van der Waals surface area contributed by atoms with E-state index in [9.17, 15) is 9.59 Å². The van der Waals surface area contributed by atoms with Gasteiger partial charge in [0.2, 0.25) is 0 Å².